The highest BCUT2D eigenvalue weighted by Gasteiger charge is 2.21. The molecular formula is C16H24N2O2. The van der Waals surface area contributed by atoms with E-state index in [1.807, 2.05) is 31.3 Å². The molecule has 0 spiro atoms. The average Bonchev–Trinajstić information content (AvgIpc) is 2.47. The smallest absolute Gasteiger partial charge is 0.251 e. The van der Waals surface area contributed by atoms with Crippen LogP contribution in [0, 0.1) is 0 Å². The van der Waals surface area contributed by atoms with Gasteiger partial charge < -0.3 is 15.7 Å². The first-order valence-electron chi connectivity index (χ1n) is 7.42. The SMILES string of the molecule is CNCCc1ccccc1C(=O)NC1CCC(O)CC1. The van der Waals surface area contributed by atoms with Crippen molar-refractivity contribution in [2.45, 2.75) is 44.2 Å². The highest BCUT2D eigenvalue weighted by Crippen LogP contribution is 2.19. The summed E-state index contributed by atoms with van der Waals surface area (Å²) in [6.45, 7) is 0.861. The van der Waals surface area contributed by atoms with Crippen LogP contribution in [0.2, 0.25) is 0 Å². The molecule has 20 heavy (non-hydrogen) atoms. The van der Waals surface area contributed by atoms with E-state index in [9.17, 15) is 9.90 Å². The summed E-state index contributed by atoms with van der Waals surface area (Å²) >= 11 is 0. The first-order valence-corrected chi connectivity index (χ1v) is 7.42. The molecule has 0 atom stereocenters. The van der Waals surface area contributed by atoms with Crippen molar-refractivity contribution in [2.75, 3.05) is 13.6 Å². The second-order valence-electron chi connectivity index (χ2n) is 5.49. The Labute approximate surface area is 120 Å². The van der Waals surface area contributed by atoms with Crippen molar-refractivity contribution >= 4 is 5.91 Å². The van der Waals surface area contributed by atoms with E-state index in [0.717, 1.165) is 49.8 Å². The Morgan fingerprint density at radius 3 is 2.65 bits per heavy atom. The van der Waals surface area contributed by atoms with Crippen molar-refractivity contribution in [1.29, 1.82) is 0 Å². The number of hydrogen-bond donors (Lipinski definition) is 3. The Bertz CT molecular complexity index is 440. The topological polar surface area (TPSA) is 61.4 Å². The molecule has 1 saturated carbocycles. The van der Waals surface area contributed by atoms with E-state index in [-0.39, 0.29) is 18.1 Å². The van der Waals surface area contributed by atoms with E-state index in [4.69, 9.17) is 0 Å². The molecule has 0 saturated heterocycles. The van der Waals surface area contributed by atoms with Gasteiger partial charge in [0.15, 0.2) is 0 Å². The van der Waals surface area contributed by atoms with Crippen molar-refractivity contribution in [3.8, 4) is 0 Å². The summed E-state index contributed by atoms with van der Waals surface area (Å²) in [6, 6.07) is 7.97. The number of aliphatic hydroxyl groups excluding tert-OH is 1. The molecule has 0 aliphatic heterocycles. The summed E-state index contributed by atoms with van der Waals surface area (Å²) < 4.78 is 0. The molecule has 0 radical (unpaired) electrons. The second kappa shape index (κ2) is 7.41. The summed E-state index contributed by atoms with van der Waals surface area (Å²) in [5.74, 6) is 0.0121. The summed E-state index contributed by atoms with van der Waals surface area (Å²) in [5, 5.41) is 15.7. The molecule has 2 rings (SSSR count). The standard InChI is InChI=1S/C16H24N2O2/c1-17-11-10-12-4-2-3-5-15(12)16(20)18-13-6-8-14(19)9-7-13/h2-5,13-14,17,19H,6-11H2,1H3,(H,18,20). The zero-order chi connectivity index (χ0) is 14.4. The first kappa shape index (κ1) is 15.0. The highest BCUT2D eigenvalue weighted by molar-refractivity contribution is 5.95. The van der Waals surface area contributed by atoms with E-state index in [1.54, 1.807) is 0 Å². The third-order valence-corrected chi connectivity index (χ3v) is 3.94. The zero-order valence-electron chi connectivity index (χ0n) is 12.1. The number of carbonyl (C=O) groups is 1. The van der Waals surface area contributed by atoms with Crippen LogP contribution in [0.1, 0.15) is 41.6 Å². The van der Waals surface area contributed by atoms with Gasteiger partial charge in [-0.2, -0.15) is 0 Å². The van der Waals surface area contributed by atoms with Crippen molar-refractivity contribution in [3.05, 3.63) is 35.4 Å². The number of amides is 1. The van der Waals surface area contributed by atoms with Gasteiger partial charge in [-0.05, 0) is 57.3 Å². The first-order chi connectivity index (χ1) is 9.70. The van der Waals surface area contributed by atoms with Gasteiger partial charge >= 0.3 is 0 Å². The molecule has 0 aromatic heterocycles. The minimum absolute atomic E-state index is 0.0121. The number of likely N-dealkylation sites (N-methyl/N-ethyl adjacent to an activating group) is 1. The normalized spacial score (nSPS) is 22.5. The molecule has 4 nitrogen and oxygen atoms in total. The van der Waals surface area contributed by atoms with Crippen LogP contribution in [-0.4, -0.2) is 36.8 Å². The molecule has 1 fully saturated rings. The molecule has 4 heteroatoms. The van der Waals surface area contributed by atoms with Crippen LogP contribution in [0.3, 0.4) is 0 Å². The van der Waals surface area contributed by atoms with Gasteiger partial charge in [-0.25, -0.2) is 0 Å². The predicted molar refractivity (Wildman–Crippen MR) is 79.8 cm³/mol. The molecule has 1 aromatic rings. The van der Waals surface area contributed by atoms with Crippen LogP contribution in [0.5, 0.6) is 0 Å². The van der Waals surface area contributed by atoms with Gasteiger partial charge in [0, 0.05) is 11.6 Å². The Kier molecular flexibility index (Phi) is 5.56. The quantitative estimate of drug-likeness (QED) is 0.763. The molecule has 0 bridgehead atoms. The largest absolute Gasteiger partial charge is 0.393 e. The van der Waals surface area contributed by atoms with Crippen LogP contribution in [0.15, 0.2) is 24.3 Å². The van der Waals surface area contributed by atoms with E-state index >= 15 is 0 Å². The van der Waals surface area contributed by atoms with Gasteiger partial charge in [-0.1, -0.05) is 18.2 Å². The minimum atomic E-state index is -0.189. The fraction of sp³-hybridized carbons (Fsp3) is 0.562. The van der Waals surface area contributed by atoms with Gasteiger partial charge in [0.05, 0.1) is 6.10 Å². The summed E-state index contributed by atoms with van der Waals surface area (Å²) in [4.78, 5) is 12.4. The van der Waals surface area contributed by atoms with Crippen LogP contribution in [0.4, 0.5) is 0 Å². The fourth-order valence-corrected chi connectivity index (χ4v) is 2.70. The van der Waals surface area contributed by atoms with E-state index < -0.39 is 0 Å². The molecule has 1 amide bonds. The van der Waals surface area contributed by atoms with Crippen molar-refractivity contribution in [3.63, 3.8) is 0 Å². The number of aliphatic hydroxyl groups is 1. The lowest BCUT2D eigenvalue weighted by atomic mass is 9.92. The maximum Gasteiger partial charge on any atom is 0.251 e. The van der Waals surface area contributed by atoms with Gasteiger partial charge in [-0.15, -0.1) is 0 Å². The molecule has 3 N–H and O–H groups in total. The fourth-order valence-electron chi connectivity index (χ4n) is 2.70. The molecule has 1 aliphatic rings. The molecule has 110 valence electrons. The van der Waals surface area contributed by atoms with Crippen molar-refractivity contribution in [2.24, 2.45) is 0 Å². The molecule has 0 unspecified atom stereocenters. The Morgan fingerprint density at radius 2 is 1.95 bits per heavy atom. The number of rotatable bonds is 5. The molecule has 1 aliphatic carbocycles. The minimum Gasteiger partial charge on any atom is -0.393 e. The van der Waals surface area contributed by atoms with Gasteiger partial charge in [0.25, 0.3) is 5.91 Å². The van der Waals surface area contributed by atoms with Gasteiger partial charge in [0.2, 0.25) is 0 Å². The lowest BCUT2D eigenvalue weighted by molar-refractivity contribution is 0.0867. The maximum absolute atomic E-state index is 12.4. The number of benzene rings is 1. The Morgan fingerprint density at radius 1 is 1.25 bits per heavy atom. The summed E-state index contributed by atoms with van der Waals surface area (Å²) in [7, 11) is 1.91. The Balaban J connectivity index is 1.98. The zero-order valence-corrected chi connectivity index (χ0v) is 12.1. The molecular weight excluding hydrogens is 252 g/mol. The van der Waals surface area contributed by atoms with Crippen LogP contribution < -0.4 is 10.6 Å². The van der Waals surface area contributed by atoms with Gasteiger partial charge in [0.1, 0.15) is 0 Å². The molecule has 0 heterocycles. The monoisotopic (exact) mass is 276 g/mol. The van der Waals surface area contributed by atoms with Crippen LogP contribution in [-0.2, 0) is 6.42 Å². The van der Waals surface area contributed by atoms with E-state index in [0.29, 0.717) is 0 Å². The van der Waals surface area contributed by atoms with Crippen molar-refractivity contribution < 1.29 is 9.90 Å². The van der Waals surface area contributed by atoms with Crippen LogP contribution >= 0.6 is 0 Å². The van der Waals surface area contributed by atoms with Crippen LogP contribution in [0.25, 0.3) is 0 Å². The number of nitrogens with one attached hydrogen (secondary N) is 2. The lowest BCUT2D eigenvalue weighted by Crippen LogP contribution is -2.39. The lowest BCUT2D eigenvalue weighted by Gasteiger charge is -2.26. The maximum atomic E-state index is 12.4. The Hall–Kier alpha value is -1.39. The van der Waals surface area contributed by atoms with Gasteiger partial charge in [-0.3, -0.25) is 4.79 Å². The predicted octanol–water partition coefficient (Wildman–Crippen LogP) is 1.48. The third kappa shape index (κ3) is 4.05. The third-order valence-electron chi connectivity index (χ3n) is 3.94. The van der Waals surface area contributed by atoms with E-state index in [1.165, 1.54) is 0 Å². The van der Waals surface area contributed by atoms with E-state index in [2.05, 4.69) is 10.6 Å². The number of carbonyl (C=O) groups excluding carboxylic acids is 1. The summed E-state index contributed by atoms with van der Waals surface area (Å²) in [5.41, 5.74) is 1.85. The average molecular weight is 276 g/mol. The summed E-state index contributed by atoms with van der Waals surface area (Å²) in [6.07, 6.45) is 3.96. The number of hydrogen-bond acceptors (Lipinski definition) is 3. The second-order valence-corrected chi connectivity index (χ2v) is 5.49. The van der Waals surface area contributed by atoms with Crippen molar-refractivity contribution in [1.82, 2.24) is 10.6 Å². The molecule has 1 aromatic carbocycles. The highest BCUT2D eigenvalue weighted by atomic mass is 16.3.